The fourth-order valence-electron chi connectivity index (χ4n) is 1.15. The molecule has 1 aromatic heterocycles. The van der Waals surface area contributed by atoms with Gasteiger partial charge in [0.05, 0.1) is 12.8 Å². The number of carbonyl (C=O) groups is 1. The molecule has 6 heteroatoms. The van der Waals surface area contributed by atoms with Gasteiger partial charge in [-0.15, -0.1) is 11.3 Å². The third-order valence-electron chi connectivity index (χ3n) is 1.98. The first-order valence-corrected chi connectivity index (χ1v) is 5.61. The van der Waals surface area contributed by atoms with Crippen molar-refractivity contribution >= 4 is 28.0 Å². The molecule has 0 amide bonds. The van der Waals surface area contributed by atoms with Crippen LogP contribution < -0.4 is 11.1 Å². The molecule has 1 rings (SSSR count). The normalized spacial score (nSPS) is 9.47. The van der Waals surface area contributed by atoms with Gasteiger partial charge in [-0.1, -0.05) is 12.2 Å². The third-order valence-corrected chi connectivity index (χ3v) is 3.12. The van der Waals surface area contributed by atoms with Crippen LogP contribution in [0.15, 0.2) is 12.2 Å². The minimum absolute atomic E-state index is 0.161. The van der Waals surface area contributed by atoms with Gasteiger partial charge >= 0.3 is 5.97 Å². The number of rotatable bonds is 4. The molecule has 0 radical (unpaired) electrons. The summed E-state index contributed by atoms with van der Waals surface area (Å²) in [5, 5.41) is 12.6. The Kier molecular flexibility index (Phi) is 4.12. The maximum absolute atomic E-state index is 11.4. The van der Waals surface area contributed by atoms with Crippen LogP contribution >= 0.6 is 11.3 Å². The van der Waals surface area contributed by atoms with Crippen LogP contribution in [-0.4, -0.2) is 19.6 Å². The van der Waals surface area contributed by atoms with Crippen LogP contribution in [0.25, 0.3) is 0 Å². The van der Waals surface area contributed by atoms with E-state index in [1.807, 2.05) is 13.0 Å². The molecule has 1 heterocycles. The Bertz CT molecular complexity index is 500. The Morgan fingerprint density at radius 3 is 2.82 bits per heavy atom. The van der Waals surface area contributed by atoms with E-state index in [2.05, 4.69) is 16.6 Å². The number of nitrogens with zero attached hydrogens (tertiary/aromatic N) is 1. The van der Waals surface area contributed by atoms with Gasteiger partial charge in [0.1, 0.15) is 21.5 Å². The van der Waals surface area contributed by atoms with E-state index in [9.17, 15) is 4.79 Å². The summed E-state index contributed by atoms with van der Waals surface area (Å²) >= 11 is 1.11. The van der Waals surface area contributed by atoms with E-state index in [0.29, 0.717) is 11.5 Å². The number of esters is 1. The van der Waals surface area contributed by atoms with Gasteiger partial charge in [0, 0.05) is 6.54 Å². The molecule has 5 nitrogen and oxygen atoms in total. The highest BCUT2D eigenvalue weighted by molar-refractivity contribution is 7.18. The molecule has 0 aromatic carbocycles. The molecule has 0 aliphatic carbocycles. The number of hydrogen-bond donors (Lipinski definition) is 2. The highest BCUT2D eigenvalue weighted by Crippen LogP contribution is 2.35. The Morgan fingerprint density at radius 1 is 1.71 bits per heavy atom. The molecule has 0 fully saturated rings. The second kappa shape index (κ2) is 5.37. The first-order chi connectivity index (χ1) is 8.01. The first kappa shape index (κ1) is 13.1. The summed E-state index contributed by atoms with van der Waals surface area (Å²) in [5.74, 6) is -0.535. The standard InChI is InChI=1S/C11H13N3O2S/c1-6(2)5-14-10-7(4-12)8(13)9(17-10)11(15)16-3/h14H,1,5,13H2,2-3H3. The molecule has 0 atom stereocenters. The van der Waals surface area contributed by atoms with E-state index in [4.69, 9.17) is 11.0 Å². The molecule has 0 bridgehead atoms. The number of nitrogen functional groups attached to an aromatic ring is 1. The lowest BCUT2D eigenvalue weighted by atomic mass is 10.2. The zero-order valence-electron chi connectivity index (χ0n) is 9.66. The van der Waals surface area contributed by atoms with Crippen molar-refractivity contribution in [3.05, 3.63) is 22.6 Å². The lowest BCUT2D eigenvalue weighted by molar-refractivity contribution is 0.0607. The van der Waals surface area contributed by atoms with Crippen molar-refractivity contribution in [2.75, 3.05) is 24.7 Å². The summed E-state index contributed by atoms with van der Waals surface area (Å²) in [6, 6.07) is 1.97. The Hall–Kier alpha value is -2.00. The van der Waals surface area contributed by atoms with E-state index >= 15 is 0 Å². The zero-order valence-corrected chi connectivity index (χ0v) is 10.5. The molecule has 0 spiro atoms. The summed E-state index contributed by atoms with van der Waals surface area (Å²) in [7, 11) is 1.27. The number of nitriles is 1. The maximum Gasteiger partial charge on any atom is 0.350 e. The van der Waals surface area contributed by atoms with Crippen LogP contribution in [0, 0.1) is 11.3 Å². The summed E-state index contributed by atoms with van der Waals surface area (Å²) in [4.78, 5) is 11.7. The van der Waals surface area contributed by atoms with Crippen molar-refractivity contribution in [2.45, 2.75) is 6.92 Å². The minimum Gasteiger partial charge on any atom is -0.465 e. The molecule has 1 aromatic rings. The van der Waals surface area contributed by atoms with Gasteiger partial charge < -0.3 is 15.8 Å². The van der Waals surface area contributed by atoms with Crippen molar-refractivity contribution in [3.63, 3.8) is 0 Å². The van der Waals surface area contributed by atoms with Crippen molar-refractivity contribution in [3.8, 4) is 6.07 Å². The lowest BCUT2D eigenvalue weighted by Gasteiger charge is -2.02. The molecule has 0 aliphatic rings. The SMILES string of the molecule is C=C(C)CNc1sc(C(=O)OC)c(N)c1C#N. The van der Waals surface area contributed by atoms with Crippen molar-refractivity contribution in [2.24, 2.45) is 0 Å². The average Bonchev–Trinajstić information content (AvgIpc) is 2.62. The number of methoxy groups -OCH3 is 1. The average molecular weight is 251 g/mol. The number of anilines is 2. The topological polar surface area (TPSA) is 88.1 Å². The molecule has 0 aliphatic heterocycles. The minimum atomic E-state index is -0.535. The number of carbonyl (C=O) groups excluding carboxylic acids is 1. The highest BCUT2D eigenvalue weighted by atomic mass is 32.1. The second-order valence-electron chi connectivity index (χ2n) is 3.46. The van der Waals surface area contributed by atoms with E-state index < -0.39 is 5.97 Å². The van der Waals surface area contributed by atoms with E-state index in [-0.39, 0.29) is 16.1 Å². The van der Waals surface area contributed by atoms with Crippen LogP contribution in [0.5, 0.6) is 0 Å². The van der Waals surface area contributed by atoms with Crippen molar-refractivity contribution in [1.82, 2.24) is 0 Å². The summed E-state index contributed by atoms with van der Waals surface area (Å²) in [6.45, 7) is 6.12. The predicted molar refractivity (Wildman–Crippen MR) is 68.1 cm³/mol. The quantitative estimate of drug-likeness (QED) is 0.631. The second-order valence-corrected chi connectivity index (χ2v) is 4.48. The van der Waals surface area contributed by atoms with Crippen LogP contribution in [-0.2, 0) is 4.74 Å². The van der Waals surface area contributed by atoms with Gasteiger partial charge in [-0.2, -0.15) is 5.26 Å². The number of thiophene rings is 1. The molecular weight excluding hydrogens is 238 g/mol. The summed E-state index contributed by atoms with van der Waals surface area (Å²) in [6.07, 6.45) is 0. The summed E-state index contributed by atoms with van der Waals surface area (Å²) in [5.41, 5.74) is 7.07. The zero-order chi connectivity index (χ0) is 13.0. The lowest BCUT2D eigenvalue weighted by Crippen LogP contribution is -2.02. The van der Waals surface area contributed by atoms with E-state index in [1.165, 1.54) is 7.11 Å². The number of nitrogens with one attached hydrogen (secondary N) is 1. The number of nitrogens with two attached hydrogens (primary N) is 1. The Balaban J connectivity index is 3.10. The molecule has 17 heavy (non-hydrogen) atoms. The fourth-order valence-corrected chi connectivity index (χ4v) is 2.14. The van der Waals surface area contributed by atoms with Crippen LogP contribution in [0.3, 0.4) is 0 Å². The van der Waals surface area contributed by atoms with Gasteiger partial charge in [0.2, 0.25) is 0 Å². The van der Waals surface area contributed by atoms with Gasteiger partial charge in [0.25, 0.3) is 0 Å². The van der Waals surface area contributed by atoms with Gasteiger partial charge in [0.15, 0.2) is 0 Å². The fraction of sp³-hybridized carbons (Fsp3) is 0.273. The van der Waals surface area contributed by atoms with E-state index in [1.54, 1.807) is 0 Å². The van der Waals surface area contributed by atoms with E-state index in [0.717, 1.165) is 16.9 Å². The monoisotopic (exact) mass is 251 g/mol. The first-order valence-electron chi connectivity index (χ1n) is 4.80. The smallest absolute Gasteiger partial charge is 0.350 e. The predicted octanol–water partition coefficient (Wildman–Crippen LogP) is 1.98. The molecule has 90 valence electrons. The number of hydrogen-bond acceptors (Lipinski definition) is 6. The number of ether oxygens (including phenoxy) is 1. The van der Waals surface area contributed by atoms with Crippen LogP contribution in [0.2, 0.25) is 0 Å². The third kappa shape index (κ3) is 2.77. The molecule has 0 saturated heterocycles. The highest BCUT2D eigenvalue weighted by Gasteiger charge is 2.21. The van der Waals surface area contributed by atoms with Gasteiger partial charge in [-0.05, 0) is 6.92 Å². The van der Waals surface area contributed by atoms with Gasteiger partial charge in [-0.25, -0.2) is 4.79 Å². The summed E-state index contributed by atoms with van der Waals surface area (Å²) < 4.78 is 4.59. The molecule has 0 saturated carbocycles. The van der Waals surface area contributed by atoms with Crippen LogP contribution in [0.4, 0.5) is 10.7 Å². The van der Waals surface area contributed by atoms with Gasteiger partial charge in [-0.3, -0.25) is 0 Å². The van der Waals surface area contributed by atoms with Crippen LogP contribution in [0.1, 0.15) is 22.2 Å². The largest absolute Gasteiger partial charge is 0.465 e. The van der Waals surface area contributed by atoms with Crippen molar-refractivity contribution < 1.29 is 9.53 Å². The maximum atomic E-state index is 11.4. The molecule has 0 unspecified atom stereocenters. The molecular formula is C11H13N3O2S. The Labute approximate surface area is 103 Å². The molecule has 3 N–H and O–H groups in total. The van der Waals surface area contributed by atoms with Crippen molar-refractivity contribution in [1.29, 1.82) is 5.26 Å². The Morgan fingerprint density at radius 2 is 2.35 bits per heavy atom.